The number of tetrazole rings is 1. The number of nitriles is 1. The summed E-state index contributed by atoms with van der Waals surface area (Å²) in [7, 11) is 3.28. The van der Waals surface area contributed by atoms with Crippen LogP contribution in [0.15, 0.2) is 30.5 Å². The maximum absolute atomic E-state index is 9.27. The minimum atomic E-state index is 0.242. The number of rotatable bonds is 6. The lowest BCUT2D eigenvalue weighted by molar-refractivity contribution is 0.418. The summed E-state index contributed by atoms with van der Waals surface area (Å²) in [6, 6.07) is 9.44. The maximum Gasteiger partial charge on any atom is 0.208 e. The van der Waals surface area contributed by atoms with E-state index in [2.05, 4.69) is 51.0 Å². The first kappa shape index (κ1) is 21.7. The number of fused-ring (bicyclic) bond motifs is 1. The molecule has 13 nitrogen and oxygen atoms in total. The highest BCUT2D eigenvalue weighted by Crippen LogP contribution is 2.38. The molecule has 35 heavy (non-hydrogen) atoms. The van der Waals surface area contributed by atoms with Crippen molar-refractivity contribution in [2.75, 3.05) is 17.7 Å². The highest BCUT2D eigenvalue weighted by atomic mass is 16.5. The summed E-state index contributed by atoms with van der Waals surface area (Å²) in [5.74, 6) is 2.58. The number of hydrogen-bond donors (Lipinski definition) is 3. The molecule has 3 N–H and O–H groups in total. The Morgan fingerprint density at radius 1 is 1.09 bits per heavy atom. The molecule has 0 spiro atoms. The number of aromatic amines is 1. The van der Waals surface area contributed by atoms with Gasteiger partial charge in [-0.2, -0.15) is 10.1 Å². The Bertz CT molecular complexity index is 1600. The molecule has 0 aliphatic carbocycles. The van der Waals surface area contributed by atoms with Crippen LogP contribution in [0.3, 0.4) is 0 Å². The molecule has 0 saturated carbocycles. The number of aromatic nitrogens is 9. The highest BCUT2D eigenvalue weighted by molar-refractivity contribution is 5.92. The number of nitrogens with zero attached hydrogens (tertiary/aromatic N) is 9. The average molecular weight is 468 g/mol. The zero-order chi connectivity index (χ0) is 24.5. The summed E-state index contributed by atoms with van der Waals surface area (Å²) in [5, 5.41) is 28.1. The number of imidazole rings is 1. The Kier molecular flexibility index (Phi) is 5.38. The second-order valence-electron chi connectivity index (χ2n) is 7.61. The number of hydrogen-bond acceptors (Lipinski definition) is 11. The van der Waals surface area contributed by atoms with Gasteiger partial charge >= 0.3 is 0 Å². The quantitative estimate of drug-likeness (QED) is 0.335. The van der Waals surface area contributed by atoms with E-state index in [1.165, 1.54) is 4.80 Å². The minimum absolute atomic E-state index is 0.242. The van der Waals surface area contributed by atoms with Gasteiger partial charge in [-0.1, -0.05) is 6.07 Å². The van der Waals surface area contributed by atoms with Gasteiger partial charge in [0.05, 0.1) is 43.0 Å². The lowest BCUT2D eigenvalue weighted by Gasteiger charge is -2.15. The predicted molar refractivity (Wildman–Crippen MR) is 127 cm³/mol. The summed E-state index contributed by atoms with van der Waals surface area (Å²) in [6.07, 6.45) is 1.55. The molecule has 0 saturated heterocycles. The van der Waals surface area contributed by atoms with Gasteiger partial charge < -0.3 is 20.4 Å². The zero-order valence-electron chi connectivity index (χ0n) is 19.3. The second kappa shape index (κ2) is 8.67. The Hall–Kier alpha value is -5.12. The largest absolute Gasteiger partial charge is 0.494 e. The van der Waals surface area contributed by atoms with E-state index in [0.717, 1.165) is 0 Å². The Morgan fingerprint density at radius 3 is 2.69 bits per heavy atom. The summed E-state index contributed by atoms with van der Waals surface area (Å²) >= 11 is 0. The number of para-hydroxylation sites is 1. The fourth-order valence-corrected chi connectivity index (χ4v) is 3.58. The molecule has 0 bridgehead atoms. The molecular formula is C22H20N12O. The normalized spacial score (nSPS) is 10.8. The van der Waals surface area contributed by atoms with Crippen LogP contribution in [0.2, 0.25) is 0 Å². The molecule has 1 aromatic carbocycles. The average Bonchev–Trinajstić information content (AvgIpc) is 3.45. The molecule has 4 heterocycles. The number of aryl methyl sites for hydroxylation is 3. The molecule has 5 rings (SSSR count). The van der Waals surface area contributed by atoms with Crippen molar-refractivity contribution >= 4 is 34.2 Å². The van der Waals surface area contributed by atoms with E-state index in [1.54, 1.807) is 33.3 Å². The lowest BCUT2D eigenvalue weighted by Crippen LogP contribution is -2.03. The summed E-state index contributed by atoms with van der Waals surface area (Å²) in [6.45, 7) is 3.58. The first-order valence-corrected chi connectivity index (χ1v) is 10.5. The van der Waals surface area contributed by atoms with E-state index in [0.29, 0.717) is 62.8 Å². The number of methoxy groups -OCH3 is 1. The Labute approximate surface area is 199 Å². The van der Waals surface area contributed by atoms with Crippen molar-refractivity contribution in [3.05, 3.63) is 47.7 Å². The fourth-order valence-electron chi connectivity index (χ4n) is 3.58. The van der Waals surface area contributed by atoms with E-state index in [1.807, 2.05) is 31.2 Å². The first-order chi connectivity index (χ1) is 16.9. The number of anilines is 4. The molecule has 174 valence electrons. The van der Waals surface area contributed by atoms with E-state index in [-0.39, 0.29) is 5.69 Å². The number of nitrogens with one attached hydrogen (secondary N) is 3. The van der Waals surface area contributed by atoms with Crippen LogP contribution >= 0.6 is 0 Å². The second-order valence-corrected chi connectivity index (χ2v) is 7.61. The van der Waals surface area contributed by atoms with E-state index >= 15 is 0 Å². The Balaban J connectivity index is 1.56. The third-order valence-electron chi connectivity index (χ3n) is 5.13. The SMILES string of the molecule is COc1c(Nc2cc(Nc3cnc(C)c(C#N)n3)nc3[nH]c(C)nc23)cccc1-c1nnn(C)n1. The fraction of sp³-hybridized carbons (Fsp3) is 0.182. The number of H-pyrrole nitrogens is 1. The molecule has 0 aliphatic rings. The van der Waals surface area contributed by atoms with E-state index in [4.69, 9.17) is 4.74 Å². The molecule has 5 aromatic rings. The van der Waals surface area contributed by atoms with Crippen LogP contribution in [-0.2, 0) is 7.05 Å². The standard InChI is InChI=1S/C22H20N12O/c1-11-16(9-23)28-18(10-24-11)29-17-8-15(19-22(30-17)26-12(2)25-19)27-14-7-5-6-13(20(14)35-4)21-31-33-34(3)32-21/h5-8,10H,1-4H3,(H3,25,26,27,28,29,30). The van der Waals surface area contributed by atoms with Gasteiger partial charge in [-0.05, 0) is 31.2 Å². The lowest BCUT2D eigenvalue weighted by atomic mass is 10.1. The van der Waals surface area contributed by atoms with Crippen molar-refractivity contribution in [2.24, 2.45) is 7.05 Å². The maximum atomic E-state index is 9.27. The van der Waals surface area contributed by atoms with Gasteiger partial charge in [0, 0.05) is 6.07 Å². The van der Waals surface area contributed by atoms with E-state index < -0.39 is 0 Å². The third-order valence-corrected chi connectivity index (χ3v) is 5.13. The Morgan fingerprint density at radius 2 is 1.94 bits per heavy atom. The number of ether oxygens (including phenoxy) is 1. The zero-order valence-corrected chi connectivity index (χ0v) is 19.3. The van der Waals surface area contributed by atoms with Crippen LogP contribution in [-0.4, -0.2) is 52.2 Å². The highest BCUT2D eigenvalue weighted by Gasteiger charge is 2.18. The van der Waals surface area contributed by atoms with Crippen molar-refractivity contribution in [1.82, 2.24) is 45.1 Å². The third kappa shape index (κ3) is 4.15. The predicted octanol–water partition coefficient (Wildman–Crippen LogP) is 2.92. The first-order valence-electron chi connectivity index (χ1n) is 10.5. The summed E-state index contributed by atoms with van der Waals surface area (Å²) < 4.78 is 5.70. The molecule has 0 radical (unpaired) electrons. The van der Waals surface area contributed by atoms with Crippen LogP contribution < -0.4 is 15.4 Å². The van der Waals surface area contributed by atoms with Gasteiger partial charge in [0.2, 0.25) is 5.82 Å². The summed E-state index contributed by atoms with van der Waals surface area (Å²) in [4.78, 5) is 22.2. The summed E-state index contributed by atoms with van der Waals surface area (Å²) in [5.41, 5.74) is 4.05. The van der Waals surface area contributed by atoms with Crippen LogP contribution in [0, 0.1) is 25.2 Å². The van der Waals surface area contributed by atoms with Crippen LogP contribution in [0.1, 0.15) is 17.2 Å². The van der Waals surface area contributed by atoms with Crippen LogP contribution in [0.25, 0.3) is 22.6 Å². The minimum Gasteiger partial charge on any atom is -0.494 e. The van der Waals surface area contributed by atoms with Crippen molar-refractivity contribution < 1.29 is 4.74 Å². The molecule has 4 aromatic heterocycles. The van der Waals surface area contributed by atoms with Gasteiger partial charge in [0.1, 0.15) is 23.2 Å². The van der Waals surface area contributed by atoms with Crippen LogP contribution in [0.4, 0.5) is 23.0 Å². The van der Waals surface area contributed by atoms with Crippen molar-refractivity contribution in [3.63, 3.8) is 0 Å². The van der Waals surface area contributed by atoms with Gasteiger partial charge in [0.15, 0.2) is 22.9 Å². The van der Waals surface area contributed by atoms with Gasteiger partial charge in [0.25, 0.3) is 0 Å². The number of benzene rings is 1. The van der Waals surface area contributed by atoms with Gasteiger partial charge in [-0.15, -0.1) is 10.2 Å². The molecule has 0 aliphatic heterocycles. The molecule has 13 heteroatoms. The molecule has 0 amide bonds. The van der Waals surface area contributed by atoms with Crippen LogP contribution in [0.5, 0.6) is 5.75 Å². The molecule has 0 unspecified atom stereocenters. The smallest absolute Gasteiger partial charge is 0.208 e. The molecule has 0 fully saturated rings. The number of pyridine rings is 1. The van der Waals surface area contributed by atoms with Gasteiger partial charge in [-0.3, -0.25) is 4.98 Å². The topological polar surface area (TPSA) is 168 Å². The van der Waals surface area contributed by atoms with Crippen molar-refractivity contribution in [1.29, 1.82) is 5.26 Å². The monoisotopic (exact) mass is 468 g/mol. The molecular weight excluding hydrogens is 448 g/mol. The van der Waals surface area contributed by atoms with Crippen molar-refractivity contribution in [3.8, 4) is 23.2 Å². The van der Waals surface area contributed by atoms with E-state index in [9.17, 15) is 5.26 Å². The molecule has 0 atom stereocenters. The van der Waals surface area contributed by atoms with Gasteiger partial charge in [-0.25, -0.2) is 15.0 Å². The van der Waals surface area contributed by atoms with Crippen molar-refractivity contribution in [2.45, 2.75) is 13.8 Å².